The third-order valence-electron chi connectivity index (χ3n) is 2.10. The topological polar surface area (TPSA) is 43.4 Å². The molecule has 5 heteroatoms. The van der Waals surface area contributed by atoms with Gasteiger partial charge in [0.25, 0.3) is 0 Å². The lowest BCUT2D eigenvalue weighted by Crippen LogP contribution is -2.12. The van der Waals surface area contributed by atoms with Gasteiger partial charge in [0, 0.05) is 22.9 Å². The van der Waals surface area contributed by atoms with Crippen LogP contribution in [0.25, 0.3) is 0 Å². The Morgan fingerprint density at radius 3 is 2.59 bits per heavy atom. The fourth-order valence-corrected chi connectivity index (χ4v) is 1.70. The maximum absolute atomic E-state index is 11.8. The molecule has 0 aromatic heterocycles. The highest BCUT2D eigenvalue weighted by Crippen LogP contribution is 2.19. The van der Waals surface area contributed by atoms with Crippen molar-refractivity contribution in [3.05, 3.63) is 34.3 Å². The maximum Gasteiger partial charge on any atom is 0.338 e. The number of ether oxygens (including phenoxy) is 1. The Bertz CT molecular complexity index is 430. The smallest absolute Gasteiger partial charge is 0.338 e. The number of hydrogen-bond donors (Lipinski definition) is 0. The summed E-state index contributed by atoms with van der Waals surface area (Å²) in [5.41, 5.74) is 0.489. The summed E-state index contributed by atoms with van der Waals surface area (Å²) in [6, 6.07) is 4.51. The summed E-state index contributed by atoms with van der Waals surface area (Å²) in [6.07, 6.45) is 0.176. The summed E-state index contributed by atoms with van der Waals surface area (Å²) in [5, 5.41) is 0.385. The molecule has 0 spiro atoms. The molecular formula is C12H12Cl2O3. The predicted molar refractivity (Wildman–Crippen MR) is 67.1 cm³/mol. The number of Topliss-reactive ketones (excluding diaryl/α,β-unsaturated/α-hetero) is 1. The van der Waals surface area contributed by atoms with Gasteiger partial charge >= 0.3 is 5.97 Å². The summed E-state index contributed by atoms with van der Waals surface area (Å²) in [4.78, 5) is 23.4. The van der Waals surface area contributed by atoms with Crippen LogP contribution in [0.3, 0.4) is 0 Å². The molecule has 0 N–H and O–H groups in total. The normalized spacial score (nSPS) is 10.1. The Balaban J connectivity index is 3.11. The van der Waals surface area contributed by atoms with Crippen molar-refractivity contribution in [1.82, 2.24) is 0 Å². The van der Waals surface area contributed by atoms with Gasteiger partial charge in [0.2, 0.25) is 0 Å². The minimum Gasteiger partial charge on any atom is -0.462 e. The molecule has 0 fully saturated rings. The van der Waals surface area contributed by atoms with Crippen LogP contribution in [0.5, 0.6) is 0 Å². The summed E-state index contributed by atoms with van der Waals surface area (Å²) < 4.78 is 4.87. The fraction of sp³-hybridized carbons (Fsp3) is 0.333. The summed E-state index contributed by atoms with van der Waals surface area (Å²) in [5.74, 6) is -0.531. The third-order valence-corrected chi connectivity index (χ3v) is 2.52. The van der Waals surface area contributed by atoms with Crippen LogP contribution in [-0.4, -0.2) is 24.2 Å². The molecule has 17 heavy (non-hydrogen) atoms. The van der Waals surface area contributed by atoms with Crippen molar-refractivity contribution >= 4 is 35.0 Å². The molecule has 0 radical (unpaired) electrons. The highest BCUT2D eigenvalue weighted by atomic mass is 35.5. The number of ketones is 1. The molecule has 0 aliphatic heterocycles. The zero-order valence-corrected chi connectivity index (χ0v) is 10.8. The van der Waals surface area contributed by atoms with Crippen LogP contribution in [0.4, 0.5) is 0 Å². The number of hydrogen-bond acceptors (Lipinski definition) is 3. The van der Waals surface area contributed by atoms with Crippen molar-refractivity contribution in [2.75, 3.05) is 12.5 Å². The Kier molecular flexibility index (Phi) is 5.45. The van der Waals surface area contributed by atoms with E-state index in [1.807, 2.05) is 0 Å². The van der Waals surface area contributed by atoms with Crippen molar-refractivity contribution in [3.63, 3.8) is 0 Å². The molecule has 0 bridgehead atoms. The summed E-state index contributed by atoms with van der Waals surface area (Å²) in [6.45, 7) is 1.94. The van der Waals surface area contributed by atoms with E-state index in [9.17, 15) is 9.59 Å². The number of benzene rings is 1. The lowest BCUT2D eigenvalue weighted by atomic mass is 10.0. The first-order valence-corrected chi connectivity index (χ1v) is 6.07. The third kappa shape index (κ3) is 3.72. The molecule has 0 aliphatic carbocycles. The number of alkyl halides is 1. The van der Waals surface area contributed by atoms with E-state index in [1.165, 1.54) is 12.1 Å². The van der Waals surface area contributed by atoms with Gasteiger partial charge in [-0.05, 0) is 25.1 Å². The van der Waals surface area contributed by atoms with E-state index in [4.69, 9.17) is 27.9 Å². The molecular weight excluding hydrogens is 263 g/mol. The molecule has 0 amide bonds. The van der Waals surface area contributed by atoms with Gasteiger partial charge in [-0.2, -0.15) is 0 Å². The van der Waals surface area contributed by atoms with Crippen molar-refractivity contribution in [1.29, 1.82) is 0 Å². The monoisotopic (exact) mass is 274 g/mol. The Hall–Kier alpha value is -1.06. The SMILES string of the molecule is CCOC(=O)c1cc(Cl)ccc1C(=O)CCCl. The molecule has 3 nitrogen and oxygen atoms in total. The Morgan fingerprint density at radius 2 is 2.00 bits per heavy atom. The van der Waals surface area contributed by atoms with Gasteiger partial charge in [0.15, 0.2) is 5.78 Å². The standard InChI is InChI=1S/C12H12Cl2O3/c1-2-17-12(16)10-7-8(14)3-4-9(10)11(15)5-6-13/h3-4,7H,2,5-6H2,1H3. The van der Waals surface area contributed by atoms with Crippen LogP contribution < -0.4 is 0 Å². The van der Waals surface area contributed by atoms with Crippen molar-refractivity contribution in [3.8, 4) is 0 Å². The van der Waals surface area contributed by atoms with Gasteiger partial charge in [0.05, 0.1) is 12.2 Å². The van der Waals surface area contributed by atoms with Gasteiger partial charge in [-0.1, -0.05) is 11.6 Å². The minimum atomic E-state index is -0.548. The van der Waals surface area contributed by atoms with E-state index in [0.717, 1.165) is 0 Å². The van der Waals surface area contributed by atoms with Crippen LogP contribution >= 0.6 is 23.2 Å². The van der Waals surface area contributed by atoms with E-state index in [-0.39, 0.29) is 30.3 Å². The first-order chi connectivity index (χ1) is 8.10. The van der Waals surface area contributed by atoms with Crippen LogP contribution in [0, 0.1) is 0 Å². The molecule has 1 rings (SSSR count). The minimum absolute atomic E-state index is 0.176. The zero-order chi connectivity index (χ0) is 12.8. The number of carbonyl (C=O) groups is 2. The van der Waals surface area contributed by atoms with Crippen LogP contribution in [0.1, 0.15) is 34.1 Å². The van der Waals surface area contributed by atoms with Crippen molar-refractivity contribution in [2.24, 2.45) is 0 Å². The average molecular weight is 275 g/mol. The molecule has 92 valence electrons. The van der Waals surface area contributed by atoms with Crippen LogP contribution in [0.15, 0.2) is 18.2 Å². The average Bonchev–Trinajstić information content (AvgIpc) is 2.29. The van der Waals surface area contributed by atoms with Gasteiger partial charge in [-0.15, -0.1) is 11.6 Å². The molecule has 0 heterocycles. The van der Waals surface area contributed by atoms with Gasteiger partial charge < -0.3 is 4.74 Å². The van der Waals surface area contributed by atoms with Gasteiger partial charge in [-0.25, -0.2) is 4.79 Å². The van der Waals surface area contributed by atoms with E-state index < -0.39 is 5.97 Å². The molecule has 0 aliphatic rings. The fourth-order valence-electron chi connectivity index (χ4n) is 1.36. The molecule has 1 aromatic carbocycles. The molecule has 0 saturated carbocycles. The summed E-state index contributed by atoms with van der Waals surface area (Å²) >= 11 is 11.3. The lowest BCUT2D eigenvalue weighted by Gasteiger charge is -2.07. The predicted octanol–water partition coefficient (Wildman–Crippen LogP) is 3.33. The van der Waals surface area contributed by atoms with Crippen molar-refractivity contribution in [2.45, 2.75) is 13.3 Å². The maximum atomic E-state index is 11.8. The van der Waals surface area contributed by atoms with E-state index in [1.54, 1.807) is 13.0 Å². The first kappa shape index (κ1) is 14.0. The lowest BCUT2D eigenvalue weighted by molar-refractivity contribution is 0.0523. The Morgan fingerprint density at radius 1 is 1.29 bits per heavy atom. The van der Waals surface area contributed by atoms with E-state index in [0.29, 0.717) is 10.6 Å². The second-order valence-electron chi connectivity index (χ2n) is 3.27. The first-order valence-electron chi connectivity index (χ1n) is 5.16. The van der Waals surface area contributed by atoms with E-state index >= 15 is 0 Å². The zero-order valence-electron chi connectivity index (χ0n) is 9.33. The quantitative estimate of drug-likeness (QED) is 0.470. The van der Waals surface area contributed by atoms with Gasteiger partial charge in [-0.3, -0.25) is 4.79 Å². The van der Waals surface area contributed by atoms with Crippen molar-refractivity contribution < 1.29 is 14.3 Å². The second-order valence-corrected chi connectivity index (χ2v) is 4.09. The highest BCUT2D eigenvalue weighted by Gasteiger charge is 2.17. The second kappa shape index (κ2) is 6.62. The van der Waals surface area contributed by atoms with Gasteiger partial charge in [0.1, 0.15) is 0 Å². The number of esters is 1. The molecule has 1 aromatic rings. The summed E-state index contributed by atoms with van der Waals surface area (Å²) in [7, 11) is 0. The number of halogens is 2. The van der Waals surface area contributed by atoms with Crippen LogP contribution in [0.2, 0.25) is 5.02 Å². The largest absolute Gasteiger partial charge is 0.462 e. The highest BCUT2D eigenvalue weighted by molar-refractivity contribution is 6.31. The Labute approximate surface area is 110 Å². The molecule has 0 saturated heterocycles. The van der Waals surface area contributed by atoms with Crippen LogP contribution in [-0.2, 0) is 4.74 Å². The molecule has 0 atom stereocenters. The molecule has 0 unspecified atom stereocenters. The number of carbonyl (C=O) groups excluding carboxylic acids is 2. The number of rotatable bonds is 5. The van der Waals surface area contributed by atoms with E-state index in [2.05, 4.69) is 0 Å².